The van der Waals surface area contributed by atoms with Gasteiger partial charge in [-0.2, -0.15) is 0 Å². The van der Waals surface area contributed by atoms with Crippen molar-refractivity contribution in [2.24, 2.45) is 11.8 Å². The van der Waals surface area contributed by atoms with Crippen LogP contribution in [0.1, 0.15) is 48.0 Å². The fraction of sp³-hybridized carbons (Fsp3) is 0.640. The molecule has 0 bridgehead atoms. The van der Waals surface area contributed by atoms with Gasteiger partial charge in [0.25, 0.3) is 0 Å². The summed E-state index contributed by atoms with van der Waals surface area (Å²) >= 11 is 0. The first kappa shape index (κ1) is 22.3. The van der Waals surface area contributed by atoms with Gasteiger partial charge in [-0.15, -0.1) is 0 Å². The first-order valence-electron chi connectivity index (χ1n) is 11.4. The average Bonchev–Trinajstić information content (AvgIpc) is 3.56. The number of rotatable bonds is 4. The normalized spacial score (nSPS) is 45.5. The largest absolute Gasteiger partial charge is 0.459 e. The van der Waals surface area contributed by atoms with Crippen LogP contribution in [0.25, 0.3) is 0 Å². The molecule has 2 aliphatic carbocycles. The van der Waals surface area contributed by atoms with Gasteiger partial charge in [0.2, 0.25) is 0 Å². The van der Waals surface area contributed by atoms with E-state index in [2.05, 4.69) is 6.58 Å². The Morgan fingerprint density at radius 1 is 1.21 bits per heavy atom. The highest BCUT2D eigenvalue weighted by atomic mass is 16.7. The van der Waals surface area contributed by atoms with Crippen LogP contribution in [0, 0.1) is 11.8 Å². The van der Waals surface area contributed by atoms with Gasteiger partial charge in [-0.1, -0.05) is 18.2 Å². The number of hydrogen-bond acceptors (Lipinski definition) is 8. The van der Waals surface area contributed by atoms with Crippen LogP contribution in [0.15, 0.2) is 34.9 Å². The molecule has 0 aromatic rings. The topological polar surface area (TPSA) is 104 Å². The summed E-state index contributed by atoms with van der Waals surface area (Å²) in [6.07, 6.45) is -0.329. The van der Waals surface area contributed by atoms with Crippen LogP contribution in [-0.4, -0.2) is 59.6 Å². The zero-order chi connectivity index (χ0) is 24.0. The monoisotopic (exact) mass is 458 g/mol. The quantitative estimate of drug-likeness (QED) is 0.208. The standard InChI is InChI=1S/C25H30O8/c1-8-10(2)21(26)31-19-15-11(3)9-14(29-23(28)24(6)13(5)32-24)16-12(4)22(27)30-18(16)17(15)25(7)20(19)33-25/h8,13-14,16-20H,4,9H2,1-3,5-7H3/b10-8-/t13-,14+,16+,17-,18-,19+,20+,24-,25-/m0/s1. The van der Waals surface area contributed by atoms with Gasteiger partial charge in [0, 0.05) is 17.6 Å². The summed E-state index contributed by atoms with van der Waals surface area (Å²) in [5.74, 6) is -2.22. The van der Waals surface area contributed by atoms with Crippen LogP contribution >= 0.6 is 0 Å². The van der Waals surface area contributed by atoms with Gasteiger partial charge in [0.05, 0.1) is 17.9 Å². The summed E-state index contributed by atoms with van der Waals surface area (Å²) in [6.45, 7) is 14.8. The number of ether oxygens (including phenoxy) is 5. The molecule has 3 saturated heterocycles. The van der Waals surface area contributed by atoms with Gasteiger partial charge in [0.15, 0.2) is 11.7 Å². The Bertz CT molecular complexity index is 1040. The van der Waals surface area contributed by atoms with E-state index in [0.717, 1.165) is 11.1 Å². The summed E-state index contributed by atoms with van der Waals surface area (Å²) in [4.78, 5) is 38.1. The fourth-order valence-corrected chi connectivity index (χ4v) is 5.75. The molecular formula is C25H30O8. The molecule has 9 atom stereocenters. The van der Waals surface area contributed by atoms with E-state index in [1.807, 2.05) is 20.8 Å². The van der Waals surface area contributed by atoms with Crippen molar-refractivity contribution in [3.8, 4) is 0 Å². The molecule has 3 aliphatic heterocycles. The third-order valence-electron chi connectivity index (χ3n) is 8.21. The van der Waals surface area contributed by atoms with E-state index < -0.39 is 53.3 Å². The molecule has 8 heteroatoms. The van der Waals surface area contributed by atoms with Crippen molar-refractivity contribution in [2.75, 3.05) is 0 Å². The highest BCUT2D eigenvalue weighted by molar-refractivity contribution is 5.92. The van der Waals surface area contributed by atoms with Crippen molar-refractivity contribution in [3.05, 3.63) is 34.9 Å². The van der Waals surface area contributed by atoms with E-state index in [1.54, 1.807) is 26.8 Å². The zero-order valence-corrected chi connectivity index (χ0v) is 19.8. The van der Waals surface area contributed by atoms with Gasteiger partial charge >= 0.3 is 17.9 Å². The maximum Gasteiger partial charge on any atom is 0.341 e. The predicted molar refractivity (Wildman–Crippen MR) is 115 cm³/mol. The van der Waals surface area contributed by atoms with E-state index in [1.165, 1.54) is 0 Å². The lowest BCUT2D eigenvalue weighted by Gasteiger charge is -2.30. The third-order valence-corrected chi connectivity index (χ3v) is 8.21. The number of hydrogen-bond donors (Lipinski definition) is 0. The number of epoxide rings is 2. The highest BCUT2D eigenvalue weighted by Gasteiger charge is 2.75. The van der Waals surface area contributed by atoms with Crippen LogP contribution < -0.4 is 0 Å². The molecule has 5 rings (SSSR count). The summed E-state index contributed by atoms with van der Waals surface area (Å²) in [5.41, 5.74) is 1.00. The molecule has 0 N–H and O–H groups in total. The lowest BCUT2D eigenvalue weighted by Crippen LogP contribution is -2.41. The Morgan fingerprint density at radius 2 is 1.88 bits per heavy atom. The molecule has 3 heterocycles. The Labute approximate surface area is 192 Å². The van der Waals surface area contributed by atoms with E-state index in [-0.39, 0.29) is 23.7 Å². The minimum Gasteiger partial charge on any atom is -0.459 e. The van der Waals surface area contributed by atoms with Crippen molar-refractivity contribution >= 4 is 17.9 Å². The summed E-state index contributed by atoms with van der Waals surface area (Å²) < 4.78 is 29.1. The number of carbonyl (C=O) groups is 3. The van der Waals surface area contributed by atoms with Crippen LogP contribution in [0.5, 0.6) is 0 Å². The van der Waals surface area contributed by atoms with Crippen molar-refractivity contribution in [1.82, 2.24) is 0 Å². The molecule has 0 spiro atoms. The minimum atomic E-state index is -0.984. The zero-order valence-electron chi connectivity index (χ0n) is 19.8. The lowest BCUT2D eigenvalue weighted by atomic mass is 9.80. The lowest BCUT2D eigenvalue weighted by molar-refractivity contribution is -0.159. The van der Waals surface area contributed by atoms with Crippen LogP contribution in [0.3, 0.4) is 0 Å². The number of fused-ring (bicyclic) bond motifs is 5. The summed E-state index contributed by atoms with van der Waals surface area (Å²) in [7, 11) is 0. The van der Waals surface area contributed by atoms with Crippen molar-refractivity contribution < 1.29 is 38.1 Å². The number of allylic oxidation sites excluding steroid dienone is 1. The van der Waals surface area contributed by atoms with E-state index in [4.69, 9.17) is 23.7 Å². The Balaban J connectivity index is 1.52. The second-order valence-corrected chi connectivity index (χ2v) is 10.2. The maximum absolute atomic E-state index is 12.9. The van der Waals surface area contributed by atoms with Gasteiger partial charge in [-0.25, -0.2) is 14.4 Å². The molecule has 0 aromatic heterocycles. The second kappa shape index (κ2) is 7.03. The SMILES string of the molecule is C=C1C(=O)O[C@H]2[C@H]1[C@H](OC(=O)[C@@]1(C)O[C@H]1C)CC(C)=C1[C@@H](OC(=O)/C(C)=C\C)[C@H]3O[C@@]3(C)[C@@H]12. The van der Waals surface area contributed by atoms with Gasteiger partial charge in [-0.05, 0) is 47.1 Å². The van der Waals surface area contributed by atoms with Gasteiger partial charge in [-0.3, -0.25) is 0 Å². The molecule has 0 radical (unpaired) electrons. The highest BCUT2D eigenvalue weighted by Crippen LogP contribution is 2.63. The third kappa shape index (κ3) is 3.06. The molecule has 0 aromatic carbocycles. The van der Waals surface area contributed by atoms with Gasteiger partial charge < -0.3 is 23.7 Å². The van der Waals surface area contributed by atoms with Crippen LogP contribution in [-0.2, 0) is 38.1 Å². The second-order valence-electron chi connectivity index (χ2n) is 10.2. The average molecular weight is 459 g/mol. The molecule has 0 unspecified atom stereocenters. The van der Waals surface area contributed by atoms with Crippen molar-refractivity contribution in [3.63, 3.8) is 0 Å². The van der Waals surface area contributed by atoms with Gasteiger partial charge in [0.1, 0.15) is 23.9 Å². The molecular weight excluding hydrogens is 428 g/mol. The Hall–Kier alpha value is -2.45. The molecule has 4 fully saturated rings. The molecule has 8 nitrogen and oxygen atoms in total. The molecule has 33 heavy (non-hydrogen) atoms. The van der Waals surface area contributed by atoms with E-state index in [0.29, 0.717) is 12.0 Å². The molecule has 178 valence electrons. The molecule has 1 saturated carbocycles. The fourth-order valence-electron chi connectivity index (χ4n) is 5.75. The predicted octanol–water partition coefficient (Wildman–Crippen LogP) is 2.56. The Kier molecular flexibility index (Phi) is 4.76. The maximum atomic E-state index is 12.9. The number of carbonyl (C=O) groups excluding carboxylic acids is 3. The summed E-state index contributed by atoms with van der Waals surface area (Å²) in [5, 5.41) is 0. The smallest absolute Gasteiger partial charge is 0.341 e. The van der Waals surface area contributed by atoms with Crippen molar-refractivity contribution in [1.29, 1.82) is 0 Å². The molecule has 5 aliphatic rings. The number of esters is 3. The first-order valence-corrected chi connectivity index (χ1v) is 11.4. The van der Waals surface area contributed by atoms with E-state index >= 15 is 0 Å². The first-order chi connectivity index (χ1) is 15.4. The van der Waals surface area contributed by atoms with Crippen LogP contribution in [0.4, 0.5) is 0 Å². The van der Waals surface area contributed by atoms with E-state index in [9.17, 15) is 14.4 Å². The summed E-state index contributed by atoms with van der Waals surface area (Å²) in [6, 6.07) is 0. The van der Waals surface area contributed by atoms with Crippen molar-refractivity contribution in [2.45, 2.75) is 89.7 Å². The Morgan fingerprint density at radius 3 is 2.48 bits per heavy atom. The minimum absolute atomic E-state index is 0.228. The molecule has 0 amide bonds. The van der Waals surface area contributed by atoms with Crippen LogP contribution in [0.2, 0.25) is 0 Å².